The molecule has 3 aliphatic rings. The molecule has 1 saturated heterocycles. The fraction of sp³-hybridized carbons (Fsp3) is 0.591. The van der Waals surface area contributed by atoms with E-state index >= 15 is 0 Å². The van der Waals surface area contributed by atoms with Crippen LogP contribution >= 0.6 is 11.6 Å². The van der Waals surface area contributed by atoms with Crippen molar-refractivity contribution in [3.63, 3.8) is 0 Å². The highest BCUT2D eigenvalue weighted by Gasteiger charge is 2.28. The van der Waals surface area contributed by atoms with E-state index < -0.39 is 0 Å². The quantitative estimate of drug-likeness (QED) is 0.747. The molecule has 0 bridgehead atoms. The Labute approximate surface area is 182 Å². The van der Waals surface area contributed by atoms with Crippen LogP contribution in [0.1, 0.15) is 55.3 Å². The molecule has 2 N–H and O–H groups in total. The molecule has 0 aromatic heterocycles. The topological polar surface area (TPSA) is 81.8 Å². The highest BCUT2D eigenvalue weighted by molar-refractivity contribution is 6.34. The van der Waals surface area contributed by atoms with Gasteiger partial charge in [-0.1, -0.05) is 24.4 Å². The normalized spacial score (nSPS) is 19.6. The molecule has 1 heterocycles. The lowest BCUT2D eigenvalue weighted by Gasteiger charge is -2.35. The van der Waals surface area contributed by atoms with Crippen LogP contribution in [0, 0.1) is 5.92 Å². The average Bonchev–Trinajstić information content (AvgIpc) is 3.41. The molecular weight excluding hydrogens is 404 g/mol. The molecule has 0 unspecified atom stereocenters. The zero-order chi connectivity index (χ0) is 21.1. The zero-order valence-electron chi connectivity index (χ0n) is 17.2. The molecule has 1 aromatic carbocycles. The summed E-state index contributed by atoms with van der Waals surface area (Å²) in [5.74, 6) is 0.536. The Hall–Kier alpha value is -2.28. The Morgan fingerprint density at radius 1 is 0.967 bits per heavy atom. The second kappa shape index (κ2) is 9.25. The highest BCUT2D eigenvalue weighted by Crippen LogP contribution is 2.28. The summed E-state index contributed by atoms with van der Waals surface area (Å²) in [5, 5.41) is 6.12. The number of halogens is 1. The van der Waals surface area contributed by atoms with Gasteiger partial charge in [-0.25, -0.2) is 4.79 Å². The van der Waals surface area contributed by atoms with Crippen LogP contribution in [0.25, 0.3) is 0 Å². The van der Waals surface area contributed by atoms with Crippen LogP contribution in [0.4, 0.5) is 10.5 Å². The maximum absolute atomic E-state index is 12.7. The van der Waals surface area contributed by atoms with Crippen LogP contribution in [-0.4, -0.2) is 59.9 Å². The molecule has 1 aliphatic heterocycles. The monoisotopic (exact) mass is 432 g/mol. The molecule has 30 heavy (non-hydrogen) atoms. The number of carbonyl (C=O) groups excluding carboxylic acids is 3. The molecule has 3 fully saturated rings. The molecule has 7 nitrogen and oxygen atoms in total. The van der Waals surface area contributed by atoms with Crippen LogP contribution in [0.5, 0.6) is 0 Å². The molecular formula is C22H29ClN4O3. The molecule has 0 atom stereocenters. The van der Waals surface area contributed by atoms with Gasteiger partial charge in [0.05, 0.1) is 10.6 Å². The van der Waals surface area contributed by atoms with E-state index in [2.05, 4.69) is 10.6 Å². The molecule has 162 valence electrons. The lowest BCUT2D eigenvalue weighted by Crippen LogP contribution is -2.51. The number of rotatable bonds is 5. The van der Waals surface area contributed by atoms with Crippen LogP contribution < -0.4 is 10.6 Å². The highest BCUT2D eigenvalue weighted by atomic mass is 35.5. The van der Waals surface area contributed by atoms with E-state index in [1.165, 1.54) is 12.8 Å². The number of piperazine rings is 1. The first-order valence-electron chi connectivity index (χ1n) is 10.9. The SMILES string of the molecule is O=C(NC1CC1)c1cc(NC(=O)N2CCN(C(=O)CC3CCCC3)CC2)ccc1Cl. The van der Waals surface area contributed by atoms with E-state index in [-0.39, 0.29) is 23.9 Å². The van der Waals surface area contributed by atoms with Crippen molar-refractivity contribution in [2.45, 2.75) is 51.0 Å². The van der Waals surface area contributed by atoms with Crippen molar-refractivity contribution < 1.29 is 14.4 Å². The van der Waals surface area contributed by atoms with E-state index in [1.54, 1.807) is 23.1 Å². The van der Waals surface area contributed by atoms with Gasteiger partial charge in [0.15, 0.2) is 0 Å². The fourth-order valence-corrected chi connectivity index (χ4v) is 4.42. The first-order chi connectivity index (χ1) is 14.5. The Morgan fingerprint density at radius 2 is 1.63 bits per heavy atom. The van der Waals surface area contributed by atoms with Gasteiger partial charge in [-0.05, 0) is 49.8 Å². The number of urea groups is 1. The summed E-state index contributed by atoms with van der Waals surface area (Å²) in [6.45, 7) is 2.14. The maximum atomic E-state index is 12.7. The number of carbonyl (C=O) groups is 3. The zero-order valence-corrected chi connectivity index (χ0v) is 17.9. The minimum atomic E-state index is -0.228. The molecule has 1 aromatic rings. The van der Waals surface area contributed by atoms with Gasteiger partial charge in [-0.3, -0.25) is 9.59 Å². The van der Waals surface area contributed by atoms with Crippen molar-refractivity contribution in [3.8, 4) is 0 Å². The summed E-state index contributed by atoms with van der Waals surface area (Å²) in [5.41, 5.74) is 0.897. The molecule has 2 saturated carbocycles. The van der Waals surface area contributed by atoms with Gasteiger partial charge in [0, 0.05) is 44.3 Å². The molecule has 0 radical (unpaired) electrons. The Morgan fingerprint density at radius 3 is 2.30 bits per heavy atom. The molecule has 2 aliphatic carbocycles. The average molecular weight is 433 g/mol. The molecule has 4 amide bonds. The number of nitrogens with zero attached hydrogens (tertiary/aromatic N) is 2. The third-order valence-electron chi connectivity index (χ3n) is 6.23. The Balaban J connectivity index is 1.28. The molecule has 8 heteroatoms. The van der Waals surface area contributed by atoms with Crippen LogP contribution in [-0.2, 0) is 4.79 Å². The largest absolute Gasteiger partial charge is 0.349 e. The predicted molar refractivity (Wildman–Crippen MR) is 116 cm³/mol. The summed E-state index contributed by atoms with van der Waals surface area (Å²) in [6.07, 6.45) is 7.43. The van der Waals surface area contributed by atoms with Crippen molar-refractivity contribution in [2.24, 2.45) is 5.92 Å². The number of benzene rings is 1. The van der Waals surface area contributed by atoms with E-state index in [0.29, 0.717) is 54.8 Å². The summed E-state index contributed by atoms with van der Waals surface area (Å²) in [4.78, 5) is 41.1. The number of amides is 4. The van der Waals surface area contributed by atoms with Crippen molar-refractivity contribution in [1.82, 2.24) is 15.1 Å². The summed E-state index contributed by atoms with van der Waals surface area (Å²) < 4.78 is 0. The predicted octanol–water partition coefficient (Wildman–Crippen LogP) is 3.49. The summed E-state index contributed by atoms with van der Waals surface area (Å²) in [7, 11) is 0. The van der Waals surface area contributed by atoms with E-state index in [0.717, 1.165) is 25.7 Å². The first-order valence-corrected chi connectivity index (χ1v) is 11.3. The molecule has 0 spiro atoms. The minimum Gasteiger partial charge on any atom is -0.349 e. The van der Waals surface area contributed by atoms with E-state index in [1.807, 2.05) is 4.90 Å². The van der Waals surface area contributed by atoms with Crippen LogP contribution in [0.3, 0.4) is 0 Å². The van der Waals surface area contributed by atoms with Crippen LogP contribution in [0.15, 0.2) is 18.2 Å². The van der Waals surface area contributed by atoms with Crippen molar-refractivity contribution >= 4 is 35.1 Å². The van der Waals surface area contributed by atoms with E-state index in [4.69, 9.17) is 11.6 Å². The lowest BCUT2D eigenvalue weighted by atomic mass is 10.0. The standard InChI is InChI=1S/C22H29ClN4O3/c23-19-8-7-17(14-18(19)21(29)24-16-5-6-16)25-22(30)27-11-9-26(10-12-27)20(28)13-15-3-1-2-4-15/h7-8,14-16H,1-6,9-13H2,(H,24,29)(H,25,30). The number of hydrogen-bond acceptors (Lipinski definition) is 3. The van der Waals surface area contributed by atoms with Gasteiger partial charge >= 0.3 is 6.03 Å². The molecule has 4 rings (SSSR count). The second-order valence-corrected chi connectivity index (χ2v) is 9.00. The summed E-state index contributed by atoms with van der Waals surface area (Å²) in [6, 6.07) is 4.93. The van der Waals surface area contributed by atoms with Gasteiger partial charge in [0.1, 0.15) is 0 Å². The Kier molecular flexibility index (Phi) is 6.46. The van der Waals surface area contributed by atoms with Gasteiger partial charge in [0.2, 0.25) is 5.91 Å². The number of nitrogens with one attached hydrogen (secondary N) is 2. The van der Waals surface area contributed by atoms with Gasteiger partial charge in [-0.15, -0.1) is 0 Å². The second-order valence-electron chi connectivity index (χ2n) is 8.59. The first kappa shape index (κ1) is 21.0. The van der Waals surface area contributed by atoms with Crippen molar-refractivity contribution in [3.05, 3.63) is 28.8 Å². The number of anilines is 1. The van der Waals surface area contributed by atoms with E-state index in [9.17, 15) is 14.4 Å². The van der Waals surface area contributed by atoms with Crippen LogP contribution in [0.2, 0.25) is 5.02 Å². The van der Waals surface area contributed by atoms with Gasteiger partial charge in [-0.2, -0.15) is 0 Å². The minimum absolute atomic E-state index is 0.214. The fourth-order valence-electron chi connectivity index (χ4n) is 4.22. The summed E-state index contributed by atoms with van der Waals surface area (Å²) >= 11 is 6.17. The number of hydrogen-bond donors (Lipinski definition) is 2. The third-order valence-corrected chi connectivity index (χ3v) is 6.56. The van der Waals surface area contributed by atoms with Gasteiger partial charge < -0.3 is 20.4 Å². The van der Waals surface area contributed by atoms with Crippen molar-refractivity contribution in [1.29, 1.82) is 0 Å². The van der Waals surface area contributed by atoms with Gasteiger partial charge in [0.25, 0.3) is 5.91 Å². The van der Waals surface area contributed by atoms with Crippen molar-refractivity contribution in [2.75, 3.05) is 31.5 Å². The smallest absolute Gasteiger partial charge is 0.321 e. The third kappa shape index (κ3) is 5.25. The Bertz CT molecular complexity index is 813. The maximum Gasteiger partial charge on any atom is 0.321 e. The lowest BCUT2D eigenvalue weighted by molar-refractivity contribution is -0.133.